The fraction of sp³-hybridized carbons (Fsp3) is 0.778. The molecule has 11 heavy (non-hydrogen) atoms. The van der Waals surface area contributed by atoms with Crippen molar-refractivity contribution < 1.29 is 0 Å². The molecule has 1 saturated heterocycles. The van der Waals surface area contributed by atoms with E-state index in [0.29, 0.717) is 0 Å². The molecule has 2 aliphatic rings. The molecule has 0 bridgehead atoms. The second kappa shape index (κ2) is 3.16. The van der Waals surface area contributed by atoms with Crippen LogP contribution in [0.2, 0.25) is 0 Å². The van der Waals surface area contributed by atoms with Crippen LogP contribution in [0, 0.1) is 0 Å². The van der Waals surface area contributed by atoms with E-state index in [1.165, 1.54) is 51.1 Å². The first kappa shape index (κ1) is 7.01. The zero-order chi connectivity index (χ0) is 7.52. The van der Waals surface area contributed by atoms with E-state index in [4.69, 9.17) is 0 Å². The zero-order valence-corrected chi connectivity index (χ0v) is 6.97. The highest BCUT2D eigenvalue weighted by molar-refractivity contribution is 5.03. The van der Waals surface area contributed by atoms with E-state index in [1.54, 1.807) is 0 Å². The van der Waals surface area contributed by atoms with Gasteiger partial charge in [0, 0.05) is 19.6 Å². The maximum atomic E-state index is 3.45. The quantitative estimate of drug-likeness (QED) is 0.563. The van der Waals surface area contributed by atoms with Crippen LogP contribution in [0.25, 0.3) is 0 Å². The Morgan fingerprint density at radius 1 is 1.18 bits per heavy atom. The van der Waals surface area contributed by atoms with Crippen molar-refractivity contribution in [1.29, 1.82) is 0 Å². The smallest absolute Gasteiger partial charge is 0.0971 e. The molecule has 0 atom stereocenters. The minimum absolute atomic E-state index is 1.17. The molecule has 62 valence electrons. The van der Waals surface area contributed by atoms with Crippen molar-refractivity contribution in [2.24, 2.45) is 0 Å². The van der Waals surface area contributed by atoms with E-state index >= 15 is 0 Å². The van der Waals surface area contributed by atoms with E-state index in [0.717, 1.165) is 0 Å². The molecule has 0 unspecified atom stereocenters. The number of nitrogens with one attached hydrogen (secondary N) is 1. The summed E-state index contributed by atoms with van der Waals surface area (Å²) in [7, 11) is 0. The second-order valence-corrected chi connectivity index (χ2v) is 3.35. The van der Waals surface area contributed by atoms with Gasteiger partial charge in [0.1, 0.15) is 0 Å². The van der Waals surface area contributed by atoms with Gasteiger partial charge in [-0.1, -0.05) is 0 Å². The van der Waals surface area contributed by atoms with Crippen molar-refractivity contribution in [3.8, 4) is 0 Å². The van der Waals surface area contributed by atoms with Gasteiger partial charge in [-0.15, -0.1) is 0 Å². The Morgan fingerprint density at radius 3 is 3.09 bits per heavy atom. The molecule has 0 aromatic heterocycles. The highest BCUT2D eigenvalue weighted by Gasteiger charge is 2.14. The maximum Gasteiger partial charge on any atom is 0.0971 e. The number of allylic oxidation sites excluding steroid dienone is 1. The molecule has 0 amide bonds. The van der Waals surface area contributed by atoms with Gasteiger partial charge in [-0.25, -0.2) is 0 Å². The van der Waals surface area contributed by atoms with Crippen LogP contribution >= 0.6 is 0 Å². The first-order valence-corrected chi connectivity index (χ1v) is 4.66. The molecular formula is C9H16N2. The fourth-order valence-electron chi connectivity index (χ4n) is 1.84. The van der Waals surface area contributed by atoms with Gasteiger partial charge in [0.05, 0.1) is 5.82 Å². The van der Waals surface area contributed by atoms with E-state index in [1.807, 2.05) is 0 Å². The lowest BCUT2D eigenvalue weighted by atomic mass is 10.2. The van der Waals surface area contributed by atoms with Crippen LogP contribution in [0.15, 0.2) is 11.9 Å². The molecule has 2 heteroatoms. The van der Waals surface area contributed by atoms with Crippen LogP contribution < -0.4 is 5.32 Å². The Labute approximate surface area is 68.3 Å². The average molecular weight is 152 g/mol. The van der Waals surface area contributed by atoms with Crippen LogP contribution in [0.1, 0.15) is 25.7 Å². The Bertz CT molecular complexity index is 163. The predicted octanol–water partition coefficient (Wildman–Crippen LogP) is 1.31. The SMILES string of the molecule is C1=C2NCCCN2CCCC1. The molecule has 1 fully saturated rings. The Balaban J connectivity index is 2.06. The van der Waals surface area contributed by atoms with Gasteiger partial charge >= 0.3 is 0 Å². The van der Waals surface area contributed by atoms with Gasteiger partial charge in [0.2, 0.25) is 0 Å². The Hall–Kier alpha value is -0.660. The topological polar surface area (TPSA) is 15.3 Å². The molecule has 2 nitrogen and oxygen atoms in total. The summed E-state index contributed by atoms with van der Waals surface area (Å²) >= 11 is 0. The van der Waals surface area contributed by atoms with Crippen LogP contribution in [-0.2, 0) is 0 Å². The van der Waals surface area contributed by atoms with Crippen molar-refractivity contribution in [2.75, 3.05) is 19.6 Å². The van der Waals surface area contributed by atoms with Crippen molar-refractivity contribution in [2.45, 2.75) is 25.7 Å². The molecule has 0 saturated carbocycles. The lowest BCUT2D eigenvalue weighted by Gasteiger charge is -2.31. The van der Waals surface area contributed by atoms with Gasteiger partial charge in [0.15, 0.2) is 0 Å². The summed E-state index contributed by atoms with van der Waals surface area (Å²) in [6.07, 6.45) is 7.64. The molecule has 0 radical (unpaired) electrons. The summed E-state index contributed by atoms with van der Waals surface area (Å²) in [5.74, 6) is 1.40. The molecule has 2 heterocycles. The van der Waals surface area contributed by atoms with Crippen LogP contribution in [-0.4, -0.2) is 24.5 Å². The lowest BCUT2D eigenvalue weighted by molar-refractivity contribution is 0.283. The third-order valence-electron chi connectivity index (χ3n) is 2.47. The minimum atomic E-state index is 1.17. The van der Waals surface area contributed by atoms with Crippen molar-refractivity contribution in [1.82, 2.24) is 10.2 Å². The first-order chi connectivity index (χ1) is 5.47. The molecule has 2 aliphatic heterocycles. The summed E-state index contributed by atoms with van der Waals surface area (Å²) in [5, 5.41) is 3.45. The molecule has 1 N–H and O–H groups in total. The average Bonchev–Trinajstić information content (AvgIpc) is 2.28. The monoisotopic (exact) mass is 152 g/mol. The van der Waals surface area contributed by atoms with Crippen molar-refractivity contribution in [3.05, 3.63) is 11.9 Å². The third kappa shape index (κ3) is 1.50. The number of nitrogens with zero attached hydrogens (tertiary/aromatic N) is 1. The molecule has 0 aromatic carbocycles. The Morgan fingerprint density at radius 2 is 2.09 bits per heavy atom. The summed E-state index contributed by atoms with van der Waals surface area (Å²) in [5.41, 5.74) is 0. The van der Waals surface area contributed by atoms with Gasteiger partial charge in [-0.2, -0.15) is 0 Å². The van der Waals surface area contributed by atoms with E-state index < -0.39 is 0 Å². The summed E-state index contributed by atoms with van der Waals surface area (Å²) < 4.78 is 0. The Kier molecular flexibility index (Phi) is 2.01. The number of hydrogen-bond donors (Lipinski definition) is 1. The van der Waals surface area contributed by atoms with Gasteiger partial charge in [-0.05, 0) is 31.8 Å². The molecule has 0 aliphatic carbocycles. The fourth-order valence-corrected chi connectivity index (χ4v) is 1.84. The molecule has 0 spiro atoms. The van der Waals surface area contributed by atoms with Gasteiger partial charge < -0.3 is 10.2 Å². The number of rotatable bonds is 0. The first-order valence-electron chi connectivity index (χ1n) is 4.66. The standard InChI is InChI=1S/C9H16N2/c1-2-5-9-10-6-4-8-11(9)7-3-1/h5,10H,1-4,6-8H2. The summed E-state index contributed by atoms with van der Waals surface area (Å²) in [6.45, 7) is 3.69. The van der Waals surface area contributed by atoms with Crippen molar-refractivity contribution >= 4 is 0 Å². The second-order valence-electron chi connectivity index (χ2n) is 3.35. The van der Waals surface area contributed by atoms with Crippen LogP contribution in [0.5, 0.6) is 0 Å². The maximum absolute atomic E-state index is 3.45. The van der Waals surface area contributed by atoms with Gasteiger partial charge in [0.25, 0.3) is 0 Å². The normalized spacial score (nSPS) is 24.7. The van der Waals surface area contributed by atoms with Crippen LogP contribution in [0.4, 0.5) is 0 Å². The highest BCUT2D eigenvalue weighted by atomic mass is 15.3. The molecule has 0 aromatic rings. The largest absolute Gasteiger partial charge is 0.372 e. The number of fused-ring (bicyclic) bond motifs is 1. The summed E-state index contributed by atoms with van der Waals surface area (Å²) in [4.78, 5) is 2.48. The van der Waals surface area contributed by atoms with Crippen molar-refractivity contribution in [3.63, 3.8) is 0 Å². The van der Waals surface area contributed by atoms with E-state index in [2.05, 4.69) is 16.3 Å². The number of hydrogen-bond acceptors (Lipinski definition) is 2. The van der Waals surface area contributed by atoms with Crippen LogP contribution in [0.3, 0.4) is 0 Å². The zero-order valence-electron chi connectivity index (χ0n) is 6.97. The lowest BCUT2D eigenvalue weighted by Crippen LogP contribution is -2.39. The predicted molar refractivity (Wildman–Crippen MR) is 46.1 cm³/mol. The third-order valence-corrected chi connectivity index (χ3v) is 2.47. The minimum Gasteiger partial charge on any atom is -0.372 e. The van der Waals surface area contributed by atoms with Gasteiger partial charge in [-0.3, -0.25) is 0 Å². The summed E-state index contributed by atoms with van der Waals surface area (Å²) in [6, 6.07) is 0. The van der Waals surface area contributed by atoms with E-state index in [9.17, 15) is 0 Å². The highest BCUT2D eigenvalue weighted by Crippen LogP contribution is 2.15. The molecule has 2 rings (SSSR count). The molecular weight excluding hydrogens is 136 g/mol. The van der Waals surface area contributed by atoms with E-state index in [-0.39, 0.29) is 0 Å².